The van der Waals surface area contributed by atoms with Gasteiger partial charge in [0.05, 0.1) is 5.69 Å². The minimum atomic E-state index is -0.0204. The SMILES string of the molecule is CCCCCCC(C)NCc1cc(=O)n2ccccc2n1. The standard InChI is InChI=1S/C17H25N3O/c1-3-4-5-6-9-14(2)18-13-15-12-17(21)20-11-8-7-10-16(20)19-15/h7-8,10-12,14,18H,3-6,9,13H2,1-2H3. The lowest BCUT2D eigenvalue weighted by Crippen LogP contribution is -2.27. The van der Waals surface area contributed by atoms with Gasteiger partial charge in [-0.2, -0.15) is 0 Å². The van der Waals surface area contributed by atoms with Crippen LogP contribution >= 0.6 is 0 Å². The van der Waals surface area contributed by atoms with Gasteiger partial charge >= 0.3 is 0 Å². The fourth-order valence-corrected chi connectivity index (χ4v) is 2.45. The third kappa shape index (κ3) is 4.67. The highest BCUT2D eigenvalue weighted by Gasteiger charge is 2.05. The predicted molar refractivity (Wildman–Crippen MR) is 86.5 cm³/mol. The Hall–Kier alpha value is -1.68. The van der Waals surface area contributed by atoms with Crippen LogP contribution in [0.15, 0.2) is 35.3 Å². The highest BCUT2D eigenvalue weighted by atomic mass is 16.1. The largest absolute Gasteiger partial charge is 0.309 e. The van der Waals surface area contributed by atoms with Crippen molar-refractivity contribution in [3.05, 3.63) is 46.5 Å². The maximum absolute atomic E-state index is 12.0. The van der Waals surface area contributed by atoms with E-state index in [0.717, 1.165) is 5.69 Å². The van der Waals surface area contributed by atoms with Gasteiger partial charge in [0.2, 0.25) is 0 Å². The summed E-state index contributed by atoms with van der Waals surface area (Å²) in [7, 11) is 0. The summed E-state index contributed by atoms with van der Waals surface area (Å²) in [5.74, 6) is 0. The van der Waals surface area contributed by atoms with Crippen molar-refractivity contribution in [1.82, 2.24) is 14.7 Å². The van der Waals surface area contributed by atoms with Crippen LogP contribution in [0.2, 0.25) is 0 Å². The van der Waals surface area contributed by atoms with Crippen molar-refractivity contribution in [3.63, 3.8) is 0 Å². The van der Waals surface area contributed by atoms with Gasteiger partial charge in [0, 0.05) is 24.8 Å². The summed E-state index contributed by atoms with van der Waals surface area (Å²) in [6, 6.07) is 7.67. The van der Waals surface area contributed by atoms with E-state index in [2.05, 4.69) is 24.1 Å². The fourth-order valence-electron chi connectivity index (χ4n) is 2.45. The molecule has 0 aliphatic carbocycles. The van der Waals surface area contributed by atoms with E-state index < -0.39 is 0 Å². The second kappa shape index (κ2) is 7.93. The zero-order valence-electron chi connectivity index (χ0n) is 13.0. The van der Waals surface area contributed by atoms with Crippen molar-refractivity contribution in [2.45, 2.75) is 58.5 Å². The summed E-state index contributed by atoms with van der Waals surface area (Å²) in [6.07, 6.45) is 8.07. The first-order valence-corrected chi connectivity index (χ1v) is 7.91. The fraction of sp³-hybridized carbons (Fsp3) is 0.529. The van der Waals surface area contributed by atoms with Gasteiger partial charge in [-0.3, -0.25) is 9.20 Å². The molecule has 0 spiro atoms. The molecule has 1 N–H and O–H groups in total. The van der Waals surface area contributed by atoms with Crippen LogP contribution in [0, 0.1) is 0 Å². The maximum Gasteiger partial charge on any atom is 0.258 e. The quantitative estimate of drug-likeness (QED) is 0.759. The van der Waals surface area contributed by atoms with Gasteiger partial charge in [-0.15, -0.1) is 0 Å². The van der Waals surface area contributed by atoms with Gasteiger partial charge in [0.1, 0.15) is 5.65 Å². The first-order chi connectivity index (χ1) is 10.2. The lowest BCUT2D eigenvalue weighted by molar-refractivity contribution is 0.479. The summed E-state index contributed by atoms with van der Waals surface area (Å²) in [5.41, 5.74) is 1.50. The molecule has 2 rings (SSSR count). The smallest absolute Gasteiger partial charge is 0.258 e. The zero-order valence-corrected chi connectivity index (χ0v) is 13.0. The first-order valence-electron chi connectivity index (χ1n) is 7.91. The normalized spacial score (nSPS) is 12.7. The second-order valence-electron chi connectivity index (χ2n) is 5.65. The molecule has 4 nitrogen and oxygen atoms in total. The summed E-state index contributed by atoms with van der Waals surface area (Å²) >= 11 is 0. The summed E-state index contributed by atoms with van der Waals surface area (Å²) in [6.45, 7) is 5.07. The van der Waals surface area contributed by atoms with E-state index in [0.29, 0.717) is 18.2 Å². The van der Waals surface area contributed by atoms with E-state index in [9.17, 15) is 4.79 Å². The van der Waals surface area contributed by atoms with Crippen molar-refractivity contribution >= 4 is 5.65 Å². The Morgan fingerprint density at radius 1 is 1.29 bits per heavy atom. The number of pyridine rings is 1. The Kier molecular flexibility index (Phi) is 5.93. The predicted octanol–water partition coefficient (Wildman–Crippen LogP) is 3.14. The van der Waals surface area contributed by atoms with Crippen LogP contribution < -0.4 is 10.9 Å². The van der Waals surface area contributed by atoms with Crippen LogP contribution in [0.3, 0.4) is 0 Å². The molecule has 2 aromatic heterocycles. The van der Waals surface area contributed by atoms with E-state index in [1.54, 1.807) is 16.7 Å². The molecule has 0 aromatic carbocycles. The Bertz CT molecular complexity index is 621. The number of rotatable bonds is 8. The van der Waals surface area contributed by atoms with Gasteiger partial charge < -0.3 is 5.32 Å². The molecule has 1 atom stereocenters. The van der Waals surface area contributed by atoms with E-state index >= 15 is 0 Å². The molecule has 0 bridgehead atoms. The number of hydrogen-bond acceptors (Lipinski definition) is 3. The summed E-state index contributed by atoms with van der Waals surface area (Å²) in [4.78, 5) is 16.5. The molecule has 1 unspecified atom stereocenters. The third-order valence-electron chi connectivity index (χ3n) is 3.75. The average molecular weight is 287 g/mol. The van der Waals surface area contributed by atoms with Gasteiger partial charge in [-0.1, -0.05) is 38.7 Å². The molecule has 0 saturated carbocycles. The van der Waals surface area contributed by atoms with Crippen molar-refractivity contribution in [1.29, 1.82) is 0 Å². The number of hydrogen-bond donors (Lipinski definition) is 1. The summed E-state index contributed by atoms with van der Waals surface area (Å²) < 4.78 is 1.57. The molecule has 0 saturated heterocycles. The maximum atomic E-state index is 12.0. The molecule has 21 heavy (non-hydrogen) atoms. The molecule has 0 amide bonds. The van der Waals surface area contributed by atoms with Crippen LogP contribution in [0.4, 0.5) is 0 Å². The number of nitrogens with one attached hydrogen (secondary N) is 1. The second-order valence-corrected chi connectivity index (χ2v) is 5.65. The van der Waals surface area contributed by atoms with Crippen LogP contribution in [-0.4, -0.2) is 15.4 Å². The summed E-state index contributed by atoms with van der Waals surface area (Å²) in [5, 5.41) is 3.46. The van der Waals surface area contributed by atoms with Gasteiger partial charge in [0.25, 0.3) is 5.56 Å². The number of unbranched alkanes of at least 4 members (excludes halogenated alkanes) is 3. The van der Waals surface area contributed by atoms with E-state index in [1.165, 1.54) is 32.1 Å². The highest BCUT2D eigenvalue weighted by Crippen LogP contribution is 2.06. The highest BCUT2D eigenvalue weighted by molar-refractivity contribution is 5.37. The average Bonchev–Trinajstić information content (AvgIpc) is 2.50. The van der Waals surface area contributed by atoms with Gasteiger partial charge in [0.15, 0.2) is 0 Å². The van der Waals surface area contributed by atoms with Gasteiger partial charge in [-0.05, 0) is 25.5 Å². The van der Waals surface area contributed by atoms with Crippen LogP contribution in [0.25, 0.3) is 5.65 Å². The molecule has 0 radical (unpaired) electrons. The lowest BCUT2D eigenvalue weighted by atomic mass is 10.1. The van der Waals surface area contributed by atoms with Crippen LogP contribution in [-0.2, 0) is 6.54 Å². The topological polar surface area (TPSA) is 46.4 Å². The number of fused-ring (bicyclic) bond motifs is 1. The van der Waals surface area contributed by atoms with Crippen molar-refractivity contribution < 1.29 is 0 Å². The molecule has 2 heterocycles. The monoisotopic (exact) mass is 287 g/mol. The number of nitrogens with zero attached hydrogens (tertiary/aromatic N) is 2. The molecular weight excluding hydrogens is 262 g/mol. The number of aromatic nitrogens is 2. The Morgan fingerprint density at radius 3 is 2.95 bits per heavy atom. The van der Waals surface area contributed by atoms with Crippen molar-refractivity contribution in [2.75, 3.05) is 0 Å². The lowest BCUT2D eigenvalue weighted by Gasteiger charge is -2.13. The van der Waals surface area contributed by atoms with Crippen LogP contribution in [0.5, 0.6) is 0 Å². The molecule has 2 aromatic rings. The molecule has 0 aliphatic heterocycles. The van der Waals surface area contributed by atoms with E-state index in [1.807, 2.05) is 18.2 Å². The molecule has 114 valence electrons. The van der Waals surface area contributed by atoms with Crippen molar-refractivity contribution in [3.8, 4) is 0 Å². The Morgan fingerprint density at radius 2 is 2.14 bits per heavy atom. The third-order valence-corrected chi connectivity index (χ3v) is 3.75. The Labute approximate surface area is 126 Å². The molecule has 4 heteroatoms. The first kappa shape index (κ1) is 15.7. The van der Waals surface area contributed by atoms with E-state index in [4.69, 9.17) is 0 Å². The van der Waals surface area contributed by atoms with Gasteiger partial charge in [-0.25, -0.2) is 4.98 Å². The minimum absolute atomic E-state index is 0.0204. The molecule has 0 fully saturated rings. The molecule has 0 aliphatic rings. The zero-order chi connectivity index (χ0) is 15.1. The minimum Gasteiger partial charge on any atom is -0.309 e. The molecular formula is C17H25N3O. The van der Waals surface area contributed by atoms with Crippen molar-refractivity contribution in [2.24, 2.45) is 0 Å². The van der Waals surface area contributed by atoms with Crippen LogP contribution in [0.1, 0.15) is 51.6 Å². The Balaban J connectivity index is 1.90. The van der Waals surface area contributed by atoms with E-state index in [-0.39, 0.29) is 5.56 Å².